The van der Waals surface area contributed by atoms with Crippen LogP contribution in [0.3, 0.4) is 0 Å². The van der Waals surface area contributed by atoms with Gasteiger partial charge in [-0.05, 0) is 18.0 Å². The van der Waals surface area contributed by atoms with Crippen molar-refractivity contribution < 1.29 is 9.66 Å². The van der Waals surface area contributed by atoms with Crippen molar-refractivity contribution >= 4 is 23.1 Å². The number of rotatable bonds is 3. The summed E-state index contributed by atoms with van der Waals surface area (Å²) in [5.41, 5.74) is -0.0953. The molecule has 3 heterocycles. The van der Waals surface area contributed by atoms with Crippen molar-refractivity contribution in [2.75, 3.05) is 44.3 Å². The molecule has 0 aromatic carbocycles. The van der Waals surface area contributed by atoms with E-state index in [4.69, 9.17) is 16.3 Å². The van der Waals surface area contributed by atoms with Gasteiger partial charge in [0.05, 0.1) is 18.1 Å². The number of hydrogen-bond acceptors (Lipinski definition) is 7. The lowest BCUT2D eigenvalue weighted by molar-refractivity contribution is -0.384. The third-order valence-corrected chi connectivity index (χ3v) is 4.12. The molecule has 2 fully saturated rings. The van der Waals surface area contributed by atoms with Gasteiger partial charge in [-0.25, -0.2) is 4.98 Å². The molecule has 9 heteroatoms. The molecule has 2 aliphatic rings. The Labute approximate surface area is 126 Å². The maximum Gasteiger partial charge on any atom is 0.329 e. The summed E-state index contributed by atoms with van der Waals surface area (Å²) in [4.78, 5) is 22.7. The van der Waals surface area contributed by atoms with Crippen molar-refractivity contribution in [1.82, 2.24) is 14.9 Å². The molecule has 0 N–H and O–H groups in total. The zero-order valence-corrected chi connectivity index (χ0v) is 12.2. The average molecular weight is 314 g/mol. The van der Waals surface area contributed by atoms with Gasteiger partial charge in [0, 0.05) is 32.2 Å². The molecule has 0 aliphatic carbocycles. The molecule has 0 saturated carbocycles. The third kappa shape index (κ3) is 3.07. The first-order valence-corrected chi connectivity index (χ1v) is 7.26. The predicted octanol–water partition coefficient (Wildman–Crippen LogP) is 0.949. The van der Waals surface area contributed by atoms with Crippen LogP contribution >= 0.6 is 11.6 Å². The molecule has 2 aliphatic heterocycles. The van der Waals surface area contributed by atoms with Crippen LogP contribution in [0.2, 0.25) is 5.28 Å². The molecule has 1 aromatic rings. The molecule has 0 radical (unpaired) electrons. The Balaban J connectivity index is 1.76. The fourth-order valence-corrected chi connectivity index (χ4v) is 3.01. The second-order valence-corrected chi connectivity index (χ2v) is 5.48. The van der Waals surface area contributed by atoms with Crippen molar-refractivity contribution in [1.29, 1.82) is 0 Å². The Morgan fingerprint density at radius 2 is 2.14 bits per heavy atom. The summed E-state index contributed by atoms with van der Waals surface area (Å²) in [5, 5.41) is 11.1. The fraction of sp³-hybridized carbons (Fsp3) is 0.667. The Morgan fingerprint density at radius 3 is 2.86 bits per heavy atom. The summed E-state index contributed by atoms with van der Waals surface area (Å²) in [6, 6.07) is 0.377. The normalized spacial score (nSPS) is 23.5. The summed E-state index contributed by atoms with van der Waals surface area (Å²) in [6.07, 6.45) is 2.13. The topological polar surface area (TPSA) is 84.6 Å². The summed E-state index contributed by atoms with van der Waals surface area (Å²) < 4.78 is 5.35. The van der Waals surface area contributed by atoms with Crippen molar-refractivity contribution in [2.45, 2.75) is 12.5 Å². The molecule has 1 unspecified atom stereocenters. The number of halogens is 1. The SMILES string of the molecule is O=[N+]([O-])c1cnc(Cl)nc1N1CCC(N2CCOCC2)C1. The van der Waals surface area contributed by atoms with Crippen LogP contribution < -0.4 is 4.90 Å². The average Bonchev–Trinajstić information content (AvgIpc) is 2.97. The smallest absolute Gasteiger partial charge is 0.329 e. The van der Waals surface area contributed by atoms with Crippen LogP contribution in [0.5, 0.6) is 0 Å². The monoisotopic (exact) mass is 313 g/mol. The van der Waals surface area contributed by atoms with Crippen LogP contribution in [0.25, 0.3) is 0 Å². The van der Waals surface area contributed by atoms with Gasteiger partial charge in [-0.15, -0.1) is 0 Å². The second kappa shape index (κ2) is 6.08. The van der Waals surface area contributed by atoms with Crippen LogP contribution in [0, 0.1) is 10.1 Å². The quantitative estimate of drug-likeness (QED) is 0.466. The largest absolute Gasteiger partial charge is 0.379 e. The number of nitro groups is 1. The van der Waals surface area contributed by atoms with Crippen molar-refractivity contribution in [3.8, 4) is 0 Å². The minimum atomic E-state index is -0.465. The highest BCUT2D eigenvalue weighted by molar-refractivity contribution is 6.28. The highest BCUT2D eigenvalue weighted by Crippen LogP contribution is 2.30. The summed E-state index contributed by atoms with van der Waals surface area (Å²) in [7, 11) is 0. The minimum Gasteiger partial charge on any atom is -0.379 e. The molecule has 21 heavy (non-hydrogen) atoms. The zero-order valence-electron chi connectivity index (χ0n) is 11.4. The first-order valence-electron chi connectivity index (χ1n) is 6.89. The highest BCUT2D eigenvalue weighted by atomic mass is 35.5. The summed E-state index contributed by atoms with van der Waals surface area (Å²) in [5.74, 6) is 0.316. The Morgan fingerprint density at radius 1 is 1.38 bits per heavy atom. The van der Waals surface area contributed by atoms with Crippen LogP contribution in [-0.2, 0) is 4.74 Å². The molecule has 3 rings (SSSR count). The molecule has 0 bridgehead atoms. The number of aromatic nitrogens is 2. The maximum absolute atomic E-state index is 11.1. The second-order valence-electron chi connectivity index (χ2n) is 5.14. The maximum atomic E-state index is 11.1. The molecule has 114 valence electrons. The Kier molecular flexibility index (Phi) is 4.18. The number of ether oxygens (including phenoxy) is 1. The van der Waals surface area contributed by atoms with E-state index >= 15 is 0 Å². The molecule has 1 atom stereocenters. The molecule has 0 amide bonds. The van der Waals surface area contributed by atoms with Crippen LogP contribution in [0.1, 0.15) is 6.42 Å². The zero-order chi connectivity index (χ0) is 14.8. The van der Waals surface area contributed by atoms with Gasteiger partial charge >= 0.3 is 5.69 Å². The number of anilines is 1. The van der Waals surface area contributed by atoms with Gasteiger partial charge in [-0.1, -0.05) is 0 Å². The van der Waals surface area contributed by atoms with E-state index in [0.29, 0.717) is 18.4 Å². The van der Waals surface area contributed by atoms with Crippen LogP contribution in [0.15, 0.2) is 6.20 Å². The predicted molar refractivity (Wildman–Crippen MR) is 76.7 cm³/mol. The molecular formula is C12H16ClN5O3. The van der Waals surface area contributed by atoms with Gasteiger partial charge in [-0.3, -0.25) is 15.0 Å². The van der Waals surface area contributed by atoms with Crippen molar-refractivity contribution in [3.05, 3.63) is 21.6 Å². The summed E-state index contributed by atoms with van der Waals surface area (Å²) in [6.45, 7) is 4.76. The van der Waals surface area contributed by atoms with E-state index in [-0.39, 0.29) is 11.0 Å². The van der Waals surface area contributed by atoms with Crippen LogP contribution in [-0.4, -0.2) is 65.2 Å². The van der Waals surface area contributed by atoms with E-state index in [1.807, 2.05) is 4.90 Å². The van der Waals surface area contributed by atoms with Crippen molar-refractivity contribution in [2.24, 2.45) is 0 Å². The summed E-state index contributed by atoms with van der Waals surface area (Å²) >= 11 is 5.79. The Bertz CT molecular complexity index is 538. The Hall–Kier alpha value is -1.51. The number of morpholine rings is 1. The van der Waals surface area contributed by atoms with E-state index in [1.165, 1.54) is 6.20 Å². The van der Waals surface area contributed by atoms with Gasteiger partial charge in [0.15, 0.2) is 0 Å². The lowest BCUT2D eigenvalue weighted by Gasteiger charge is -2.32. The van der Waals surface area contributed by atoms with Gasteiger partial charge < -0.3 is 9.64 Å². The first kappa shape index (κ1) is 14.4. The van der Waals surface area contributed by atoms with Gasteiger partial charge in [0.25, 0.3) is 0 Å². The van der Waals surface area contributed by atoms with E-state index in [2.05, 4.69) is 14.9 Å². The van der Waals surface area contributed by atoms with E-state index < -0.39 is 4.92 Å². The molecule has 0 spiro atoms. The van der Waals surface area contributed by atoms with E-state index in [0.717, 1.165) is 39.3 Å². The fourth-order valence-electron chi connectivity index (χ4n) is 2.88. The number of nitrogens with zero attached hydrogens (tertiary/aromatic N) is 5. The lowest BCUT2D eigenvalue weighted by Crippen LogP contribution is -2.44. The van der Waals surface area contributed by atoms with Gasteiger partial charge in [-0.2, -0.15) is 4.98 Å². The highest BCUT2D eigenvalue weighted by Gasteiger charge is 2.33. The molecule has 1 aromatic heterocycles. The first-order chi connectivity index (χ1) is 10.1. The van der Waals surface area contributed by atoms with Crippen molar-refractivity contribution in [3.63, 3.8) is 0 Å². The minimum absolute atomic E-state index is 0.0328. The molecule has 8 nitrogen and oxygen atoms in total. The van der Waals surface area contributed by atoms with E-state index in [1.54, 1.807) is 0 Å². The van der Waals surface area contributed by atoms with Crippen LogP contribution in [0.4, 0.5) is 11.5 Å². The standard InChI is InChI=1S/C12H16ClN5O3/c13-12-14-7-10(18(19)20)11(15-12)17-2-1-9(8-17)16-3-5-21-6-4-16/h7,9H,1-6,8H2. The third-order valence-electron chi connectivity index (χ3n) is 3.94. The number of hydrogen-bond donors (Lipinski definition) is 0. The van der Waals surface area contributed by atoms with Gasteiger partial charge in [0.2, 0.25) is 11.1 Å². The molecular weight excluding hydrogens is 298 g/mol. The van der Waals surface area contributed by atoms with Gasteiger partial charge in [0.1, 0.15) is 6.20 Å². The molecule has 2 saturated heterocycles. The lowest BCUT2D eigenvalue weighted by atomic mass is 10.2. The van der Waals surface area contributed by atoms with E-state index in [9.17, 15) is 10.1 Å².